The van der Waals surface area contributed by atoms with E-state index in [1.807, 2.05) is 18.2 Å². The number of hydrogen-bond acceptors (Lipinski definition) is 3. The van der Waals surface area contributed by atoms with Gasteiger partial charge in [0.1, 0.15) is 5.82 Å². The maximum absolute atomic E-state index is 13.5. The molecule has 0 aliphatic heterocycles. The molecule has 1 aromatic heterocycles. The van der Waals surface area contributed by atoms with Crippen LogP contribution in [0.4, 0.5) is 20.0 Å². The molecule has 0 radical (unpaired) electrons. The predicted molar refractivity (Wildman–Crippen MR) is 92.8 cm³/mol. The summed E-state index contributed by atoms with van der Waals surface area (Å²) >= 11 is 1.40. The summed E-state index contributed by atoms with van der Waals surface area (Å²) in [7, 11) is 0. The molecular weight excluding hydrogens is 313 g/mol. The fraction of sp³-hybridized carbons (Fsp3) is 0.176. The average molecular weight is 329 g/mol. The van der Waals surface area contributed by atoms with E-state index in [1.54, 1.807) is 12.1 Å². The standard InChI is InChI=1S/C17H16FN3OS/c1-10(2)11-6-5-9-14-15(11)20-17(23-14)21-16(22)19-13-8-4-3-7-12(13)18/h3-10H,1-2H3,(H2,19,20,21,22). The van der Waals surface area contributed by atoms with Crippen LogP contribution in [0.5, 0.6) is 0 Å². The van der Waals surface area contributed by atoms with E-state index in [0.29, 0.717) is 11.0 Å². The molecule has 6 heteroatoms. The minimum atomic E-state index is -0.514. The van der Waals surface area contributed by atoms with E-state index in [-0.39, 0.29) is 5.69 Å². The van der Waals surface area contributed by atoms with Crippen LogP contribution in [0, 0.1) is 5.82 Å². The van der Waals surface area contributed by atoms with Crippen LogP contribution in [0.1, 0.15) is 25.3 Å². The van der Waals surface area contributed by atoms with Crippen molar-refractivity contribution in [3.63, 3.8) is 0 Å². The second-order valence-corrected chi connectivity index (χ2v) is 6.46. The number of benzene rings is 2. The fourth-order valence-electron chi connectivity index (χ4n) is 2.30. The van der Waals surface area contributed by atoms with Crippen molar-refractivity contribution in [1.29, 1.82) is 0 Å². The lowest BCUT2D eigenvalue weighted by Crippen LogP contribution is -2.19. The molecule has 2 aromatic carbocycles. The van der Waals surface area contributed by atoms with Gasteiger partial charge in [0.2, 0.25) is 0 Å². The molecule has 0 spiro atoms. The largest absolute Gasteiger partial charge is 0.325 e. The maximum atomic E-state index is 13.5. The lowest BCUT2D eigenvalue weighted by Gasteiger charge is -2.06. The topological polar surface area (TPSA) is 54.0 Å². The van der Waals surface area contributed by atoms with Crippen molar-refractivity contribution >= 4 is 38.4 Å². The van der Waals surface area contributed by atoms with Gasteiger partial charge < -0.3 is 5.32 Å². The van der Waals surface area contributed by atoms with Gasteiger partial charge in [0.05, 0.1) is 15.9 Å². The zero-order valence-corrected chi connectivity index (χ0v) is 13.6. The highest BCUT2D eigenvalue weighted by molar-refractivity contribution is 7.22. The lowest BCUT2D eigenvalue weighted by atomic mass is 10.0. The van der Waals surface area contributed by atoms with Crippen LogP contribution in [-0.2, 0) is 0 Å². The zero-order chi connectivity index (χ0) is 16.4. The number of amides is 2. The number of rotatable bonds is 3. The summed E-state index contributed by atoms with van der Waals surface area (Å²) in [5.41, 5.74) is 2.17. The Labute approximate surface area is 137 Å². The second kappa shape index (κ2) is 6.34. The van der Waals surface area contributed by atoms with Gasteiger partial charge in [-0.25, -0.2) is 14.2 Å². The normalized spacial score (nSPS) is 11.0. The van der Waals surface area contributed by atoms with Crippen LogP contribution in [0.15, 0.2) is 42.5 Å². The van der Waals surface area contributed by atoms with Gasteiger partial charge in [0, 0.05) is 0 Å². The number of carbonyl (C=O) groups is 1. The third-order valence-corrected chi connectivity index (χ3v) is 4.35. The van der Waals surface area contributed by atoms with Gasteiger partial charge >= 0.3 is 6.03 Å². The quantitative estimate of drug-likeness (QED) is 0.693. The van der Waals surface area contributed by atoms with Crippen LogP contribution < -0.4 is 10.6 Å². The van der Waals surface area contributed by atoms with E-state index in [2.05, 4.69) is 29.5 Å². The Morgan fingerprint density at radius 3 is 2.65 bits per heavy atom. The van der Waals surface area contributed by atoms with Crippen molar-refractivity contribution in [2.45, 2.75) is 19.8 Å². The number of halogens is 1. The molecule has 0 bridgehead atoms. The fourth-order valence-corrected chi connectivity index (χ4v) is 3.20. The van der Waals surface area contributed by atoms with Crippen LogP contribution in [0.2, 0.25) is 0 Å². The third kappa shape index (κ3) is 3.32. The summed E-state index contributed by atoms with van der Waals surface area (Å²) in [6.07, 6.45) is 0. The van der Waals surface area contributed by atoms with Gasteiger partial charge in [-0.3, -0.25) is 5.32 Å². The van der Waals surface area contributed by atoms with E-state index < -0.39 is 11.8 Å². The van der Waals surface area contributed by atoms with Gasteiger partial charge in [-0.1, -0.05) is 49.4 Å². The zero-order valence-electron chi connectivity index (χ0n) is 12.8. The van der Waals surface area contributed by atoms with Crippen molar-refractivity contribution in [2.75, 3.05) is 10.6 Å². The SMILES string of the molecule is CC(C)c1cccc2sc(NC(=O)Nc3ccccc3F)nc12. The summed E-state index contributed by atoms with van der Waals surface area (Å²) in [5, 5.41) is 5.63. The molecule has 0 fully saturated rings. The Bertz CT molecular complexity index is 860. The number of anilines is 2. The Balaban J connectivity index is 1.80. The van der Waals surface area contributed by atoms with Gasteiger partial charge in [0.25, 0.3) is 0 Å². The monoisotopic (exact) mass is 329 g/mol. The molecule has 0 atom stereocenters. The first-order chi connectivity index (χ1) is 11.0. The molecule has 3 aromatic rings. The molecule has 0 aliphatic carbocycles. The van der Waals surface area contributed by atoms with Crippen molar-refractivity contribution in [3.05, 3.63) is 53.8 Å². The maximum Gasteiger partial charge on any atom is 0.325 e. The molecule has 3 rings (SSSR count). The summed E-state index contributed by atoms with van der Waals surface area (Å²) in [6.45, 7) is 4.21. The molecule has 118 valence electrons. The molecule has 2 amide bonds. The van der Waals surface area contributed by atoms with Crippen LogP contribution in [-0.4, -0.2) is 11.0 Å². The number of fused-ring (bicyclic) bond motifs is 1. The highest BCUT2D eigenvalue weighted by Gasteiger charge is 2.13. The Morgan fingerprint density at radius 2 is 1.91 bits per heavy atom. The third-order valence-electron chi connectivity index (χ3n) is 3.41. The van der Waals surface area contributed by atoms with Gasteiger partial charge in [-0.2, -0.15) is 0 Å². The molecule has 23 heavy (non-hydrogen) atoms. The van der Waals surface area contributed by atoms with E-state index in [1.165, 1.54) is 23.5 Å². The van der Waals surface area contributed by atoms with Crippen molar-refractivity contribution in [2.24, 2.45) is 0 Å². The number of thiazole rings is 1. The average Bonchev–Trinajstić information content (AvgIpc) is 2.91. The predicted octanol–water partition coefficient (Wildman–Crippen LogP) is 5.20. The van der Waals surface area contributed by atoms with Crippen molar-refractivity contribution in [1.82, 2.24) is 4.98 Å². The number of urea groups is 1. The summed E-state index contributed by atoms with van der Waals surface area (Å²) in [4.78, 5) is 16.5. The lowest BCUT2D eigenvalue weighted by molar-refractivity contribution is 0.262. The summed E-state index contributed by atoms with van der Waals surface area (Å²) in [5.74, 6) is -0.130. The Kier molecular flexibility index (Phi) is 4.25. The smallest absolute Gasteiger partial charge is 0.305 e. The van der Waals surface area contributed by atoms with Gasteiger partial charge in [0.15, 0.2) is 5.13 Å². The first-order valence-electron chi connectivity index (χ1n) is 7.26. The van der Waals surface area contributed by atoms with E-state index >= 15 is 0 Å². The minimum absolute atomic E-state index is 0.133. The first kappa shape index (κ1) is 15.4. The highest BCUT2D eigenvalue weighted by Crippen LogP contribution is 2.31. The number of hydrogen-bond donors (Lipinski definition) is 2. The van der Waals surface area contributed by atoms with Crippen LogP contribution in [0.25, 0.3) is 10.2 Å². The number of aromatic nitrogens is 1. The number of para-hydroxylation sites is 2. The number of nitrogens with zero attached hydrogens (tertiary/aromatic N) is 1. The Morgan fingerprint density at radius 1 is 1.13 bits per heavy atom. The van der Waals surface area contributed by atoms with E-state index in [4.69, 9.17) is 0 Å². The van der Waals surface area contributed by atoms with E-state index in [0.717, 1.165) is 15.8 Å². The van der Waals surface area contributed by atoms with E-state index in [9.17, 15) is 9.18 Å². The second-order valence-electron chi connectivity index (χ2n) is 5.43. The minimum Gasteiger partial charge on any atom is -0.305 e. The summed E-state index contributed by atoms with van der Waals surface area (Å²) in [6, 6.07) is 11.5. The van der Waals surface area contributed by atoms with Crippen molar-refractivity contribution < 1.29 is 9.18 Å². The van der Waals surface area contributed by atoms with Gasteiger partial charge in [-0.15, -0.1) is 0 Å². The van der Waals surface area contributed by atoms with Crippen molar-refractivity contribution in [3.8, 4) is 0 Å². The molecule has 1 heterocycles. The summed E-state index contributed by atoms with van der Waals surface area (Å²) < 4.78 is 14.6. The number of carbonyl (C=O) groups excluding carboxylic acids is 1. The molecule has 0 saturated heterocycles. The van der Waals surface area contributed by atoms with Crippen LogP contribution in [0.3, 0.4) is 0 Å². The first-order valence-corrected chi connectivity index (χ1v) is 8.08. The highest BCUT2D eigenvalue weighted by atomic mass is 32.1. The molecule has 0 saturated carbocycles. The molecular formula is C17H16FN3OS. The number of nitrogens with one attached hydrogen (secondary N) is 2. The van der Waals surface area contributed by atoms with Crippen LogP contribution >= 0.6 is 11.3 Å². The molecule has 2 N–H and O–H groups in total. The van der Waals surface area contributed by atoms with Gasteiger partial charge in [-0.05, 0) is 29.7 Å². The Hall–Kier alpha value is -2.47. The molecule has 0 aliphatic rings. The molecule has 0 unspecified atom stereocenters. The molecule has 4 nitrogen and oxygen atoms in total.